The first-order valence-corrected chi connectivity index (χ1v) is 2.97. The average Bonchev–Trinajstić information content (AvgIpc) is 1.94. The van der Waals surface area contributed by atoms with E-state index in [1.54, 1.807) is 0 Å². The second kappa shape index (κ2) is 2.54. The van der Waals surface area contributed by atoms with E-state index < -0.39 is 0 Å². The van der Waals surface area contributed by atoms with Crippen molar-refractivity contribution in [2.24, 2.45) is 5.92 Å². The number of hydrogen-bond acceptors (Lipinski definition) is 0. The van der Waals surface area contributed by atoms with Crippen molar-refractivity contribution in [3.8, 4) is 0 Å². The van der Waals surface area contributed by atoms with Crippen molar-refractivity contribution >= 4 is 0 Å². The maximum atomic E-state index is 3.06. The lowest BCUT2D eigenvalue weighted by molar-refractivity contribution is 0.748. The van der Waals surface area contributed by atoms with Gasteiger partial charge in [0, 0.05) is 0 Å². The fourth-order valence-electron chi connectivity index (χ4n) is 0.705. The highest BCUT2D eigenvalue weighted by Crippen LogP contribution is 2.05. The molecule has 0 radical (unpaired) electrons. The summed E-state index contributed by atoms with van der Waals surface area (Å²) in [6.07, 6.45) is 9.41. The first-order chi connectivity index (χ1) is 3.89. The quantitative estimate of drug-likeness (QED) is 0.416. The summed E-state index contributed by atoms with van der Waals surface area (Å²) in [6.45, 7) is 2.19. The second-order valence-corrected chi connectivity index (χ2v) is 2.14. The lowest BCUT2D eigenvalue weighted by Crippen LogP contribution is -1.82. The van der Waals surface area contributed by atoms with Crippen LogP contribution in [0.15, 0.2) is 30.0 Å². The number of rotatable bonds is 0. The Morgan fingerprint density at radius 2 is 2.50 bits per heavy atom. The molecule has 8 heavy (non-hydrogen) atoms. The zero-order valence-electron chi connectivity index (χ0n) is 5.09. The normalized spacial score (nSPS) is 25.9. The van der Waals surface area contributed by atoms with Crippen LogP contribution in [0.3, 0.4) is 0 Å². The van der Waals surface area contributed by atoms with Gasteiger partial charge in [0.1, 0.15) is 0 Å². The molecular weight excluding hydrogens is 96.1 g/mol. The van der Waals surface area contributed by atoms with E-state index in [1.807, 2.05) is 12.2 Å². The zero-order chi connectivity index (χ0) is 5.82. The first kappa shape index (κ1) is 5.40. The molecule has 0 saturated heterocycles. The fourth-order valence-corrected chi connectivity index (χ4v) is 0.705. The summed E-state index contributed by atoms with van der Waals surface area (Å²) in [5.41, 5.74) is 3.06. The van der Waals surface area contributed by atoms with Crippen molar-refractivity contribution in [3.05, 3.63) is 30.0 Å². The Morgan fingerprint density at radius 3 is 3.38 bits per heavy atom. The van der Waals surface area contributed by atoms with Crippen molar-refractivity contribution < 1.29 is 0 Å². The van der Waals surface area contributed by atoms with E-state index in [0.29, 0.717) is 5.92 Å². The molecule has 0 aromatic heterocycles. The van der Waals surface area contributed by atoms with Gasteiger partial charge in [0.15, 0.2) is 0 Å². The average molecular weight is 106 g/mol. The molecule has 0 nitrogen and oxygen atoms in total. The van der Waals surface area contributed by atoms with Crippen molar-refractivity contribution in [2.45, 2.75) is 13.3 Å². The fraction of sp³-hybridized carbons (Fsp3) is 0.375. The molecule has 1 aliphatic rings. The van der Waals surface area contributed by atoms with Crippen molar-refractivity contribution in [2.75, 3.05) is 0 Å². The van der Waals surface area contributed by atoms with Gasteiger partial charge in [0.05, 0.1) is 0 Å². The molecule has 1 aliphatic carbocycles. The molecule has 0 aromatic rings. The van der Waals surface area contributed by atoms with Gasteiger partial charge in [-0.1, -0.05) is 19.1 Å². The van der Waals surface area contributed by atoms with Crippen LogP contribution in [0.1, 0.15) is 13.3 Å². The van der Waals surface area contributed by atoms with E-state index in [1.165, 1.54) is 0 Å². The van der Waals surface area contributed by atoms with Gasteiger partial charge in [0.25, 0.3) is 0 Å². The van der Waals surface area contributed by atoms with Crippen LogP contribution in [0.25, 0.3) is 0 Å². The molecule has 0 aliphatic heterocycles. The third-order valence-electron chi connectivity index (χ3n) is 1.22. The lowest BCUT2D eigenvalue weighted by atomic mass is 10.1. The minimum atomic E-state index is 0.671. The third kappa shape index (κ3) is 1.40. The highest BCUT2D eigenvalue weighted by Gasteiger charge is 1.91. The maximum Gasteiger partial charge on any atom is -0.0151 e. The molecule has 0 bridgehead atoms. The van der Waals surface area contributed by atoms with Gasteiger partial charge in [-0.3, -0.25) is 0 Å². The summed E-state index contributed by atoms with van der Waals surface area (Å²) in [7, 11) is 0. The molecule has 0 fully saturated rings. The smallest absolute Gasteiger partial charge is 0.0151 e. The van der Waals surface area contributed by atoms with E-state index in [-0.39, 0.29) is 0 Å². The monoisotopic (exact) mass is 106 g/mol. The molecule has 0 heteroatoms. The minimum Gasteiger partial charge on any atom is -0.125 e. The Morgan fingerprint density at radius 1 is 1.62 bits per heavy atom. The van der Waals surface area contributed by atoms with Crippen LogP contribution >= 0.6 is 0 Å². The molecule has 42 valence electrons. The summed E-state index contributed by atoms with van der Waals surface area (Å²) >= 11 is 0. The minimum absolute atomic E-state index is 0.671. The SMILES string of the molecule is CC1C=C=CC=CC1. The van der Waals surface area contributed by atoms with Crippen molar-refractivity contribution in [1.29, 1.82) is 0 Å². The third-order valence-corrected chi connectivity index (χ3v) is 1.22. The van der Waals surface area contributed by atoms with Gasteiger partial charge in [-0.2, -0.15) is 0 Å². The van der Waals surface area contributed by atoms with Crippen LogP contribution in [0.2, 0.25) is 0 Å². The Hall–Kier alpha value is -0.740. The lowest BCUT2D eigenvalue weighted by Gasteiger charge is -1.94. The molecule has 0 heterocycles. The predicted molar refractivity (Wildman–Crippen MR) is 35.6 cm³/mol. The van der Waals surface area contributed by atoms with Crippen LogP contribution < -0.4 is 0 Å². The van der Waals surface area contributed by atoms with Gasteiger partial charge in [-0.15, -0.1) is 5.73 Å². The second-order valence-electron chi connectivity index (χ2n) is 2.14. The Kier molecular flexibility index (Phi) is 1.71. The first-order valence-electron chi connectivity index (χ1n) is 2.97. The standard InChI is InChI=1S/C8H10/c1-8-6-4-2-3-5-7-8/h2-4,7-8H,6H2,1H3. The molecule has 0 N–H and O–H groups in total. The molecule has 0 aromatic carbocycles. The Bertz CT molecular complexity index is 145. The van der Waals surface area contributed by atoms with Crippen LogP contribution in [-0.2, 0) is 0 Å². The highest BCUT2D eigenvalue weighted by molar-refractivity contribution is 5.07. The van der Waals surface area contributed by atoms with E-state index in [9.17, 15) is 0 Å². The molecule has 1 atom stereocenters. The van der Waals surface area contributed by atoms with E-state index in [0.717, 1.165) is 6.42 Å². The highest BCUT2D eigenvalue weighted by atomic mass is 14.0. The molecule has 0 saturated carbocycles. The summed E-state index contributed by atoms with van der Waals surface area (Å²) in [5, 5.41) is 0. The molecule has 1 unspecified atom stereocenters. The van der Waals surface area contributed by atoms with Gasteiger partial charge in [-0.05, 0) is 24.5 Å². The molecule has 0 amide bonds. The van der Waals surface area contributed by atoms with Crippen LogP contribution in [-0.4, -0.2) is 0 Å². The van der Waals surface area contributed by atoms with Crippen molar-refractivity contribution in [1.82, 2.24) is 0 Å². The summed E-state index contributed by atoms with van der Waals surface area (Å²) in [6, 6.07) is 0. The number of allylic oxidation sites excluding steroid dienone is 3. The van der Waals surface area contributed by atoms with E-state index in [4.69, 9.17) is 0 Å². The van der Waals surface area contributed by atoms with Crippen molar-refractivity contribution in [3.63, 3.8) is 0 Å². The van der Waals surface area contributed by atoms with E-state index >= 15 is 0 Å². The predicted octanol–water partition coefficient (Wildman–Crippen LogP) is 2.29. The summed E-state index contributed by atoms with van der Waals surface area (Å²) in [4.78, 5) is 0. The summed E-state index contributed by atoms with van der Waals surface area (Å²) < 4.78 is 0. The maximum absolute atomic E-state index is 3.06. The van der Waals surface area contributed by atoms with Crippen LogP contribution in [0.4, 0.5) is 0 Å². The van der Waals surface area contributed by atoms with Gasteiger partial charge < -0.3 is 0 Å². The Labute approximate surface area is 50.2 Å². The Balaban J connectivity index is 2.69. The molecular formula is C8H10. The van der Waals surface area contributed by atoms with Crippen LogP contribution in [0, 0.1) is 5.92 Å². The van der Waals surface area contributed by atoms with Gasteiger partial charge >= 0.3 is 0 Å². The van der Waals surface area contributed by atoms with Crippen LogP contribution in [0.5, 0.6) is 0 Å². The number of hydrogen-bond donors (Lipinski definition) is 0. The largest absolute Gasteiger partial charge is 0.125 e. The molecule has 0 spiro atoms. The topological polar surface area (TPSA) is 0 Å². The molecule has 1 rings (SSSR count). The van der Waals surface area contributed by atoms with E-state index in [2.05, 4.69) is 24.8 Å². The van der Waals surface area contributed by atoms with Gasteiger partial charge in [-0.25, -0.2) is 0 Å². The van der Waals surface area contributed by atoms with Gasteiger partial charge in [0.2, 0.25) is 0 Å². The summed E-state index contributed by atoms with van der Waals surface area (Å²) in [5.74, 6) is 0.671. The zero-order valence-corrected chi connectivity index (χ0v) is 5.09.